The quantitative estimate of drug-likeness (QED) is 0.256. The second kappa shape index (κ2) is 12.5. The van der Waals surface area contributed by atoms with Crippen LogP contribution in [0, 0.1) is 6.92 Å². The molecule has 3 aromatic rings. The molecule has 3 rings (SSSR count). The molecule has 192 valence electrons. The first-order valence-corrected chi connectivity index (χ1v) is 12.8. The Hall–Kier alpha value is -2.72. The summed E-state index contributed by atoms with van der Waals surface area (Å²) in [4.78, 5) is 38.1. The highest BCUT2D eigenvalue weighted by molar-refractivity contribution is 7.18. The molecule has 0 fully saturated rings. The molecule has 0 aliphatic heterocycles. The van der Waals surface area contributed by atoms with Crippen LogP contribution in [0.4, 0.5) is 5.00 Å². The van der Waals surface area contributed by atoms with Gasteiger partial charge in [0.1, 0.15) is 22.2 Å². The van der Waals surface area contributed by atoms with Gasteiger partial charge in [0.2, 0.25) is 0 Å². The number of carbonyl (C=O) groups is 3. The Morgan fingerprint density at radius 3 is 2.36 bits per heavy atom. The average molecular weight is 575 g/mol. The summed E-state index contributed by atoms with van der Waals surface area (Å²) in [6.45, 7) is 5.42. The summed E-state index contributed by atoms with van der Waals surface area (Å²) in [5, 5.41) is 3.60. The molecule has 0 unspecified atom stereocenters. The van der Waals surface area contributed by atoms with Gasteiger partial charge in [0.15, 0.2) is 11.5 Å². The number of esters is 2. The summed E-state index contributed by atoms with van der Waals surface area (Å²) in [6.07, 6.45) is 0.616. The molecular formula is C24H22Cl3NO7S. The molecule has 0 bridgehead atoms. The van der Waals surface area contributed by atoms with E-state index < -0.39 is 17.8 Å². The lowest BCUT2D eigenvalue weighted by molar-refractivity contribution is 0.0506. The number of nitrogens with one attached hydrogen (secondary N) is 1. The van der Waals surface area contributed by atoms with Crippen molar-refractivity contribution in [2.75, 3.05) is 18.5 Å². The Kier molecular flexibility index (Phi) is 9.67. The van der Waals surface area contributed by atoms with E-state index >= 15 is 0 Å². The first-order valence-electron chi connectivity index (χ1n) is 10.8. The second-order valence-corrected chi connectivity index (χ2v) is 9.60. The number of benzene rings is 1. The Morgan fingerprint density at radius 2 is 1.72 bits per heavy atom. The second-order valence-electron chi connectivity index (χ2n) is 7.32. The van der Waals surface area contributed by atoms with Gasteiger partial charge in [-0.15, -0.1) is 11.3 Å². The molecular weight excluding hydrogens is 553 g/mol. The third-order valence-corrected chi connectivity index (χ3v) is 6.65. The van der Waals surface area contributed by atoms with Crippen molar-refractivity contribution in [1.82, 2.24) is 0 Å². The van der Waals surface area contributed by atoms with E-state index in [1.165, 1.54) is 18.2 Å². The van der Waals surface area contributed by atoms with Gasteiger partial charge < -0.3 is 23.9 Å². The maximum Gasteiger partial charge on any atom is 0.348 e. The first kappa shape index (κ1) is 27.9. The topological polar surface area (TPSA) is 104 Å². The van der Waals surface area contributed by atoms with Gasteiger partial charge in [0.25, 0.3) is 5.91 Å². The lowest BCUT2D eigenvalue weighted by Gasteiger charge is -2.09. The lowest BCUT2D eigenvalue weighted by atomic mass is 10.1. The molecule has 1 aromatic carbocycles. The van der Waals surface area contributed by atoms with Crippen LogP contribution in [-0.4, -0.2) is 31.1 Å². The molecule has 8 nitrogen and oxygen atoms in total. The van der Waals surface area contributed by atoms with Crippen molar-refractivity contribution in [2.24, 2.45) is 0 Å². The zero-order valence-electron chi connectivity index (χ0n) is 19.5. The minimum atomic E-state index is -0.651. The van der Waals surface area contributed by atoms with E-state index in [1.807, 2.05) is 6.92 Å². The average Bonchev–Trinajstić information content (AvgIpc) is 3.41. The fourth-order valence-electron chi connectivity index (χ4n) is 3.06. The molecule has 36 heavy (non-hydrogen) atoms. The van der Waals surface area contributed by atoms with E-state index in [-0.39, 0.29) is 56.8 Å². The van der Waals surface area contributed by atoms with Crippen molar-refractivity contribution < 1.29 is 33.0 Å². The largest absolute Gasteiger partial charge is 0.483 e. The Bertz CT molecular complexity index is 1260. The highest BCUT2D eigenvalue weighted by atomic mass is 35.5. The number of carbonyl (C=O) groups excluding carboxylic acids is 3. The smallest absolute Gasteiger partial charge is 0.348 e. The number of rotatable bonds is 10. The summed E-state index contributed by atoms with van der Waals surface area (Å²) in [6, 6.07) is 5.97. The standard InChI is InChI=1S/C24H22Cl3NO7S/c1-4-8-33-23(30)18-12(3)20(24(31)32-5-2)36-22(18)28-21(29)17-7-6-14(35-17)11-34-19-15(26)9-13(25)10-16(19)27/h6-7,9-10H,4-5,8,11H2,1-3H3,(H,28,29). The van der Waals surface area contributed by atoms with Crippen LogP contribution in [0.5, 0.6) is 5.75 Å². The number of furan rings is 1. The molecule has 0 aliphatic carbocycles. The number of hydrogen-bond donors (Lipinski definition) is 1. The van der Waals surface area contributed by atoms with Crippen molar-refractivity contribution in [3.8, 4) is 5.75 Å². The molecule has 12 heteroatoms. The molecule has 2 heterocycles. The van der Waals surface area contributed by atoms with Crippen LogP contribution in [0.2, 0.25) is 15.1 Å². The predicted molar refractivity (Wildman–Crippen MR) is 138 cm³/mol. The van der Waals surface area contributed by atoms with Gasteiger partial charge in [0.05, 0.1) is 28.8 Å². The monoisotopic (exact) mass is 573 g/mol. The number of halogens is 3. The van der Waals surface area contributed by atoms with Crippen LogP contribution in [0.25, 0.3) is 0 Å². The summed E-state index contributed by atoms with van der Waals surface area (Å²) in [5.41, 5.74) is 0.451. The Balaban J connectivity index is 1.78. The number of hydrogen-bond acceptors (Lipinski definition) is 8. The van der Waals surface area contributed by atoms with Crippen LogP contribution in [0.1, 0.15) is 62.2 Å². The number of thiophene rings is 1. The van der Waals surface area contributed by atoms with E-state index in [2.05, 4.69) is 5.32 Å². The van der Waals surface area contributed by atoms with Crippen molar-refractivity contribution >= 4 is 69.0 Å². The predicted octanol–water partition coefficient (Wildman–Crippen LogP) is 7.18. The summed E-state index contributed by atoms with van der Waals surface area (Å²) in [7, 11) is 0. The molecule has 0 saturated heterocycles. The zero-order chi connectivity index (χ0) is 26.4. The number of anilines is 1. The lowest BCUT2D eigenvalue weighted by Crippen LogP contribution is -2.14. The van der Waals surface area contributed by atoms with Crippen LogP contribution in [0.3, 0.4) is 0 Å². The van der Waals surface area contributed by atoms with Crippen LogP contribution < -0.4 is 10.1 Å². The molecule has 0 aliphatic rings. The maximum absolute atomic E-state index is 12.9. The zero-order valence-corrected chi connectivity index (χ0v) is 22.6. The molecule has 0 atom stereocenters. The molecule has 0 spiro atoms. The normalized spacial score (nSPS) is 10.7. The van der Waals surface area contributed by atoms with Crippen molar-refractivity contribution in [2.45, 2.75) is 33.8 Å². The van der Waals surface area contributed by atoms with Crippen molar-refractivity contribution in [3.63, 3.8) is 0 Å². The van der Waals surface area contributed by atoms with Gasteiger partial charge in [-0.3, -0.25) is 4.79 Å². The molecule has 1 amide bonds. The molecule has 0 saturated carbocycles. The third kappa shape index (κ3) is 6.53. The van der Waals surface area contributed by atoms with E-state index in [4.69, 9.17) is 53.4 Å². The van der Waals surface area contributed by atoms with Crippen LogP contribution in [-0.2, 0) is 16.1 Å². The van der Waals surface area contributed by atoms with Crippen molar-refractivity contribution in [1.29, 1.82) is 0 Å². The Morgan fingerprint density at radius 1 is 1.03 bits per heavy atom. The summed E-state index contributed by atoms with van der Waals surface area (Å²) >= 11 is 19.1. The molecule has 1 N–H and O–H groups in total. The fraction of sp³-hybridized carbons (Fsp3) is 0.292. The fourth-order valence-corrected chi connectivity index (χ4v) is 5.07. The van der Waals surface area contributed by atoms with Gasteiger partial charge >= 0.3 is 11.9 Å². The van der Waals surface area contributed by atoms with Crippen LogP contribution in [0.15, 0.2) is 28.7 Å². The van der Waals surface area contributed by atoms with Gasteiger partial charge in [-0.05, 0) is 50.1 Å². The first-order chi connectivity index (χ1) is 17.2. The minimum absolute atomic E-state index is 0.0430. The van der Waals surface area contributed by atoms with Crippen molar-refractivity contribution in [3.05, 3.63) is 66.9 Å². The van der Waals surface area contributed by atoms with Crippen LogP contribution >= 0.6 is 46.1 Å². The number of ether oxygens (including phenoxy) is 3. The van der Waals surface area contributed by atoms with E-state index in [1.54, 1.807) is 19.9 Å². The number of amides is 1. The van der Waals surface area contributed by atoms with E-state index in [9.17, 15) is 14.4 Å². The Labute approximate surface area is 226 Å². The van der Waals surface area contributed by atoms with Gasteiger partial charge in [-0.1, -0.05) is 41.7 Å². The SMILES string of the molecule is CCCOC(=O)c1c(NC(=O)c2ccc(COc3c(Cl)cc(Cl)cc3Cl)o2)sc(C(=O)OCC)c1C. The maximum atomic E-state index is 12.9. The van der Waals surface area contributed by atoms with Gasteiger partial charge in [0, 0.05) is 5.02 Å². The minimum Gasteiger partial charge on any atom is -0.483 e. The van der Waals surface area contributed by atoms with E-state index in [0.29, 0.717) is 22.8 Å². The highest BCUT2D eigenvalue weighted by Gasteiger charge is 2.28. The summed E-state index contributed by atoms with van der Waals surface area (Å²) in [5.74, 6) is -1.38. The third-order valence-electron chi connectivity index (χ3n) is 4.68. The molecule has 2 aromatic heterocycles. The van der Waals surface area contributed by atoms with E-state index in [0.717, 1.165) is 11.3 Å². The van der Waals surface area contributed by atoms with Gasteiger partial charge in [-0.25, -0.2) is 9.59 Å². The van der Waals surface area contributed by atoms with Gasteiger partial charge in [-0.2, -0.15) is 0 Å². The molecule has 0 radical (unpaired) electrons. The highest BCUT2D eigenvalue weighted by Crippen LogP contribution is 2.37. The summed E-state index contributed by atoms with van der Waals surface area (Å²) < 4.78 is 21.5.